The summed E-state index contributed by atoms with van der Waals surface area (Å²) in [6.45, 7) is 8.34. The van der Waals surface area contributed by atoms with Crippen LogP contribution in [0.2, 0.25) is 0 Å². The van der Waals surface area contributed by atoms with Crippen LogP contribution in [-0.2, 0) is 9.47 Å². The van der Waals surface area contributed by atoms with Crippen LogP contribution in [0.1, 0.15) is 31.8 Å². The van der Waals surface area contributed by atoms with Gasteiger partial charge in [0.05, 0.1) is 41.7 Å². The van der Waals surface area contributed by atoms with Crippen molar-refractivity contribution >= 4 is 38.6 Å². The molecule has 1 saturated heterocycles. The van der Waals surface area contributed by atoms with Gasteiger partial charge in [-0.15, -0.1) is 0 Å². The number of carbonyl (C=O) groups is 2. The lowest BCUT2D eigenvalue weighted by Crippen LogP contribution is -2.43. The van der Waals surface area contributed by atoms with Gasteiger partial charge in [-0.1, -0.05) is 23.5 Å². The molecular weight excluding hydrogens is 426 g/mol. The quantitative estimate of drug-likeness (QED) is 0.530. The van der Waals surface area contributed by atoms with E-state index in [1.54, 1.807) is 29.2 Å². The molecule has 0 N–H and O–H groups in total. The normalized spacial score (nSPS) is 14.5. The van der Waals surface area contributed by atoms with E-state index in [4.69, 9.17) is 14.5 Å². The van der Waals surface area contributed by atoms with E-state index in [0.717, 1.165) is 28.9 Å². The summed E-state index contributed by atoms with van der Waals surface area (Å²) in [4.78, 5) is 34.7. The maximum absolute atomic E-state index is 13.7. The van der Waals surface area contributed by atoms with Crippen molar-refractivity contribution in [1.82, 2.24) is 9.88 Å². The Balaban J connectivity index is 1.71. The van der Waals surface area contributed by atoms with Crippen LogP contribution in [0.15, 0.2) is 36.4 Å². The number of hydrogen-bond donors (Lipinski definition) is 0. The molecule has 0 unspecified atom stereocenters. The molecule has 1 aliphatic heterocycles. The number of carbonyl (C=O) groups excluding carboxylic acids is 2. The van der Waals surface area contributed by atoms with E-state index in [-0.39, 0.29) is 11.5 Å². The predicted molar refractivity (Wildman–Crippen MR) is 126 cm³/mol. The third kappa shape index (κ3) is 4.67. The van der Waals surface area contributed by atoms with Crippen molar-refractivity contribution in [1.29, 1.82) is 0 Å². The molecule has 0 saturated carbocycles. The highest BCUT2D eigenvalue weighted by molar-refractivity contribution is 7.22. The zero-order valence-electron chi connectivity index (χ0n) is 18.6. The number of esters is 1. The molecule has 32 heavy (non-hydrogen) atoms. The number of hydrogen-bond acceptors (Lipinski definition) is 7. The van der Waals surface area contributed by atoms with Crippen molar-refractivity contribution in [2.45, 2.75) is 13.8 Å². The Morgan fingerprint density at radius 3 is 2.53 bits per heavy atom. The van der Waals surface area contributed by atoms with Crippen molar-refractivity contribution in [3.05, 3.63) is 58.7 Å². The van der Waals surface area contributed by atoms with Crippen LogP contribution >= 0.6 is 11.3 Å². The van der Waals surface area contributed by atoms with Crippen LogP contribution in [0.5, 0.6) is 0 Å². The molecule has 1 aromatic heterocycles. The third-order valence-corrected chi connectivity index (χ3v) is 6.82. The maximum atomic E-state index is 13.7. The Morgan fingerprint density at radius 2 is 1.81 bits per heavy atom. The number of anilines is 1. The number of aromatic nitrogens is 1. The van der Waals surface area contributed by atoms with E-state index in [0.29, 0.717) is 37.0 Å². The van der Waals surface area contributed by atoms with E-state index in [9.17, 15) is 9.59 Å². The van der Waals surface area contributed by atoms with Crippen molar-refractivity contribution in [3.63, 3.8) is 0 Å². The van der Waals surface area contributed by atoms with Gasteiger partial charge < -0.3 is 9.47 Å². The molecule has 0 aliphatic carbocycles. The summed E-state index contributed by atoms with van der Waals surface area (Å²) in [5, 5.41) is 0.628. The number of amides is 1. The van der Waals surface area contributed by atoms with Gasteiger partial charge in [-0.2, -0.15) is 0 Å². The molecule has 4 rings (SSSR count). The van der Waals surface area contributed by atoms with Crippen LogP contribution in [0.3, 0.4) is 0 Å². The van der Waals surface area contributed by atoms with E-state index in [1.807, 2.05) is 0 Å². The fourth-order valence-corrected chi connectivity index (χ4v) is 4.81. The van der Waals surface area contributed by atoms with Crippen molar-refractivity contribution in [2.24, 2.45) is 0 Å². The number of aryl methyl sites for hydroxylation is 2. The summed E-state index contributed by atoms with van der Waals surface area (Å²) in [7, 11) is 1.32. The smallest absolute Gasteiger partial charge is 0.338 e. The number of fused-ring (bicyclic) bond motifs is 1. The fourth-order valence-electron chi connectivity index (χ4n) is 3.74. The first-order valence-corrected chi connectivity index (χ1v) is 11.5. The Labute approximate surface area is 191 Å². The minimum atomic E-state index is -0.530. The van der Waals surface area contributed by atoms with E-state index >= 15 is 0 Å². The van der Waals surface area contributed by atoms with Crippen molar-refractivity contribution in [3.8, 4) is 0 Å². The highest BCUT2D eigenvalue weighted by atomic mass is 32.1. The molecule has 1 fully saturated rings. The molecule has 0 bridgehead atoms. The molecule has 2 heterocycles. The van der Waals surface area contributed by atoms with Crippen molar-refractivity contribution < 1.29 is 19.1 Å². The summed E-state index contributed by atoms with van der Waals surface area (Å²) in [6, 6.07) is 10.9. The number of nitrogens with zero attached hydrogens (tertiary/aromatic N) is 3. The van der Waals surface area contributed by atoms with Gasteiger partial charge >= 0.3 is 5.97 Å². The van der Waals surface area contributed by atoms with Crippen LogP contribution < -0.4 is 4.90 Å². The minimum Gasteiger partial charge on any atom is -0.465 e. The monoisotopic (exact) mass is 453 g/mol. The maximum Gasteiger partial charge on any atom is 0.338 e. The first-order chi connectivity index (χ1) is 15.5. The van der Waals surface area contributed by atoms with Gasteiger partial charge in [0, 0.05) is 26.2 Å². The molecule has 1 amide bonds. The molecule has 1 aliphatic rings. The van der Waals surface area contributed by atoms with E-state index in [2.05, 4.69) is 30.9 Å². The second-order valence-electron chi connectivity index (χ2n) is 7.85. The van der Waals surface area contributed by atoms with Crippen LogP contribution in [0, 0.1) is 13.8 Å². The molecule has 0 atom stereocenters. The first-order valence-electron chi connectivity index (χ1n) is 10.6. The highest BCUT2D eigenvalue weighted by Crippen LogP contribution is 2.32. The first kappa shape index (κ1) is 22.4. The second kappa shape index (κ2) is 9.77. The molecule has 7 nitrogen and oxygen atoms in total. The average Bonchev–Trinajstić information content (AvgIpc) is 3.21. The summed E-state index contributed by atoms with van der Waals surface area (Å²) in [5.74, 6) is -0.788. The zero-order chi connectivity index (χ0) is 22.7. The van der Waals surface area contributed by atoms with Gasteiger partial charge in [0.1, 0.15) is 0 Å². The largest absolute Gasteiger partial charge is 0.465 e. The third-order valence-electron chi connectivity index (χ3n) is 5.78. The lowest BCUT2D eigenvalue weighted by atomic mass is 10.1. The second-order valence-corrected chi connectivity index (χ2v) is 8.86. The summed E-state index contributed by atoms with van der Waals surface area (Å²) in [6.07, 6.45) is 0. The minimum absolute atomic E-state index is 0.254. The van der Waals surface area contributed by atoms with Gasteiger partial charge in [-0.05, 0) is 49.2 Å². The number of rotatable bonds is 6. The average molecular weight is 454 g/mol. The van der Waals surface area contributed by atoms with Gasteiger partial charge in [-0.25, -0.2) is 9.78 Å². The Bertz CT molecular complexity index is 1100. The van der Waals surface area contributed by atoms with Gasteiger partial charge in [-0.3, -0.25) is 14.6 Å². The number of ether oxygens (including phenoxy) is 2. The molecule has 0 radical (unpaired) electrons. The zero-order valence-corrected chi connectivity index (χ0v) is 19.4. The van der Waals surface area contributed by atoms with Gasteiger partial charge in [0.2, 0.25) is 0 Å². The van der Waals surface area contributed by atoms with Gasteiger partial charge in [0.25, 0.3) is 5.91 Å². The van der Waals surface area contributed by atoms with Gasteiger partial charge in [0.15, 0.2) is 5.13 Å². The van der Waals surface area contributed by atoms with Crippen LogP contribution in [0.4, 0.5) is 5.13 Å². The Hall–Kier alpha value is -2.81. The number of methoxy groups -OCH3 is 1. The lowest BCUT2D eigenvalue weighted by molar-refractivity contribution is 0.0390. The van der Waals surface area contributed by atoms with E-state index in [1.165, 1.54) is 24.0 Å². The molecular formula is C24H27N3O4S. The number of benzene rings is 2. The molecule has 0 spiro atoms. The van der Waals surface area contributed by atoms with Crippen molar-refractivity contribution in [2.75, 3.05) is 51.4 Å². The lowest BCUT2D eigenvalue weighted by Gasteiger charge is -2.29. The van der Waals surface area contributed by atoms with Crippen LogP contribution in [-0.4, -0.2) is 68.3 Å². The molecule has 3 aromatic rings. The molecule has 2 aromatic carbocycles. The SMILES string of the molecule is COC(=O)c1ccccc1C(=O)N(CCN1CCOCC1)c1nc2cc(C)c(C)cc2s1. The number of morpholine rings is 1. The standard InChI is InChI=1S/C24H27N3O4S/c1-16-14-20-21(15-17(16)2)32-24(25-20)27(9-8-26-10-12-31-13-11-26)22(28)18-6-4-5-7-19(18)23(29)30-3/h4-7,14-15H,8-13H2,1-3H3. The Morgan fingerprint density at radius 1 is 1.12 bits per heavy atom. The Kier molecular flexibility index (Phi) is 6.83. The molecule has 8 heteroatoms. The summed E-state index contributed by atoms with van der Waals surface area (Å²) in [5.41, 5.74) is 3.79. The molecule has 168 valence electrons. The predicted octanol–water partition coefficient (Wildman–Crippen LogP) is 3.68. The van der Waals surface area contributed by atoms with E-state index < -0.39 is 5.97 Å². The summed E-state index contributed by atoms with van der Waals surface area (Å²) < 4.78 is 11.4. The topological polar surface area (TPSA) is 72.0 Å². The highest BCUT2D eigenvalue weighted by Gasteiger charge is 2.26. The number of thiazole rings is 1. The van der Waals surface area contributed by atoms with Crippen LogP contribution in [0.25, 0.3) is 10.2 Å². The fraction of sp³-hybridized carbons (Fsp3) is 0.375. The summed E-state index contributed by atoms with van der Waals surface area (Å²) >= 11 is 1.49.